The van der Waals surface area contributed by atoms with Gasteiger partial charge in [0.1, 0.15) is 17.7 Å². The first-order valence-corrected chi connectivity index (χ1v) is 11.0. The maximum atomic E-state index is 13.4. The van der Waals surface area contributed by atoms with Gasteiger partial charge in [-0.15, -0.1) is 0 Å². The Morgan fingerprint density at radius 1 is 1.13 bits per heavy atom. The Bertz CT molecular complexity index is 755. The molecular weight excluding hydrogens is 394 g/mol. The first-order valence-electron chi connectivity index (χ1n) is 11.0. The molecule has 0 saturated carbocycles. The third kappa shape index (κ3) is 8.23. The van der Waals surface area contributed by atoms with Gasteiger partial charge in [0.15, 0.2) is 0 Å². The molecule has 0 fully saturated rings. The molecule has 0 heterocycles. The number of carbonyl (C=O) groups is 3. The zero-order valence-electron chi connectivity index (χ0n) is 20.2. The number of aryl methyl sites for hydroxylation is 1. The molecule has 2 unspecified atom stereocenters. The predicted octanol–water partition coefficient (Wildman–Crippen LogP) is 3.96. The normalized spacial score (nSPS) is 13.3. The lowest BCUT2D eigenvalue weighted by molar-refractivity contribution is -0.141. The van der Waals surface area contributed by atoms with Crippen LogP contribution in [0.4, 0.5) is 4.79 Å². The number of benzene rings is 1. The topological polar surface area (TPSA) is 87.7 Å². The van der Waals surface area contributed by atoms with Crippen molar-refractivity contribution in [3.8, 4) is 0 Å². The van der Waals surface area contributed by atoms with Gasteiger partial charge in [0.2, 0.25) is 11.8 Å². The number of nitrogens with zero attached hydrogens (tertiary/aromatic N) is 1. The van der Waals surface area contributed by atoms with Gasteiger partial charge in [-0.1, -0.05) is 51.5 Å². The van der Waals surface area contributed by atoms with Crippen LogP contribution >= 0.6 is 0 Å². The Morgan fingerprint density at radius 3 is 2.26 bits per heavy atom. The van der Waals surface area contributed by atoms with E-state index in [1.807, 2.05) is 45.0 Å². The van der Waals surface area contributed by atoms with Gasteiger partial charge in [-0.25, -0.2) is 4.79 Å². The van der Waals surface area contributed by atoms with E-state index >= 15 is 0 Å². The highest BCUT2D eigenvalue weighted by atomic mass is 16.6. The van der Waals surface area contributed by atoms with Gasteiger partial charge in [-0.2, -0.15) is 0 Å². The first-order chi connectivity index (χ1) is 14.4. The zero-order valence-corrected chi connectivity index (χ0v) is 20.2. The first kappa shape index (κ1) is 26.5. The van der Waals surface area contributed by atoms with Crippen LogP contribution in [0.15, 0.2) is 24.3 Å². The van der Waals surface area contributed by atoms with Gasteiger partial charge in [-0.3, -0.25) is 9.59 Å². The van der Waals surface area contributed by atoms with E-state index in [0.717, 1.165) is 24.0 Å². The van der Waals surface area contributed by atoms with Gasteiger partial charge in [0.05, 0.1) is 0 Å². The quantitative estimate of drug-likeness (QED) is 0.577. The van der Waals surface area contributed by atoms with E-state index in [4.69, 9.17) is 4.74 Å². The molecule has 7 nitrogen and oxygen atoms in total. The van der Waals surface area contributed by atoms with Crippen LogP contribution < -0.4 is 10.6 Å². The summed E-state index contributed by atoms with van der Waals surface area (Å²) in [6.07, 6.45) is 1.16. The highest BCUT2D eigenvalue weighted by Gasteiger charge is 2.35. The number of ether oxygens (including phenoxy) is 1. The van der Waals surface area contributed by atoms with Crippen LogP contribution in [0.2, 0.25) is 0 Å². The summed E-state index contributed by atoms with van der Waals surface area (Å²) < 4.78 is 5.33. The van der Waals surface area contributed by atoms with Crippen LogP contribution in [-0.2, 0) is 14.3 Å². The van der Waals surface area contributed by atoms with Crippen molar-refractivity contribution in [3.63, 3.8) is 0 Å². The van der Waals surface area contributed by atoms with Crippen molar-refractivity contribution < 1.29 is 19.1 Å². The minimum absolute atomic E-state index is 0.192. The summed E-state index contributed by atoms with van der Waals surface area (Å²) in [4.78, 5) is 40.3. The summed E-state index contributed by atoms with van der Waals surface area (Å²) in [6, 6.07) is 5.90. The van der Waals surface area contributed by atoms with Crippen molar-refractivity contribution in [2.24, 2.45) is 5.92 Å². The maximum absolute atomic E-state index is 13.4. The third-order valence-corrected chi connectivity index (χ3v) is 4.90. The van der Waals surface area contributed by atoms with Crippen molar-refractivity contribution in [1.82, 2.24) is 15.5 Å². The number of likely N-dealkylation sites (N-methyl/N-ethyl adjacent to an activating group) is 1. The molecule has 0 radical (unpaired) electrons. The van der Waals surface area contributed by atoms with Crippen LogP contribution in [0.1, 0.15) is 71.6 Å². The maximum Gasteiger partial charge on any atom is 0.408 e. The molecule has 0 aliphatic heterocycles. The SMILES string of the molecule is CCCCNC(=O)C(c1ccccc1C)N(C)C(=O)C(NC(=O)OC(C)(C)C)C(C)C. The number of hydrogen-bond donors (Lipinski definition) is 2. The molecule has 0 aromatic heterocycles. The molecule has 0 aliphatic carbocycles. The van der Waals surface area contributed by atoms with E-state index < -0.39 is 23.8 Å². The summed E-state index contributed by atoms with van der Waals surface area (Å²) in [5, 5.41) is 5.62. The molecule has 174 valence electrons. The Morgan fingerprint density at radius 2 is 1.74 bits per heavy atom. The molecule has 1 aromatic carbocycles. The summed E-state index contributed by atoms with van der Waals surface area (Å²) in [5.74, 6) is -0.777. The fraction of sp³-hybridized carbons (Fsp3) is 0.625. The van der Waals surface area contributed by atoms with E-state index in [-0.39, 0.29) is 17.7 Å². The largest absolute Gasteiger partial charge is 0.444 e. The molecule has 0 saturated heterocycles. The van der Waals surface area contributed by atoms with Crippen molar-refractivity contribution in [2.45, 2.75) is 79.0 Å². The summed E-state index contributed by atoms with van der Waals surface area (Å²) in [7, 11) is 1.60. The fourth-order valence-electron chi connectivity index (χ4n) is 3.20. The average Bonchev–Trinajstić information content (AvgIpc) is 2.65. The van der Waals surface area contributed by atoms with Gasteiger partial charge >= 0.3 is 6.09 Å². The second-order valence-corrected chi connectivity index (χ2v) is 9.22. The number of carbonyl (C=O) groups excluding carboxylic acids is 3. The Labute approximate surface area is 186 Å². The number of unbranched alkanes of at least 4 members (excludes halogenated alkanes) is 1. The van der Waals surface area contributed by atoms with Gasteiger partial charge < -0.3 is 20.3 Å². The van der Waals surface area contributed by atoms with E-state index in [2.05, 4.69) is 17.6 Å². The van der Waals surface area contributed by atoms with Crippen LogP contribution in [0.5, 0.6) is 0 Å². The standard InChI is InChI=1S/C24H39N3O4/c1-9-10-15-25-21(28)20(18-14-12-11-13-17(18)4)27(8)22(29)19(16(2)3)26-23(30)31-24(5,6)7/h11-14,16,19-20H,9-10,15H2,1-8H3,(H,25,28)(H,26,30). The number of alkyl carbamates (subject to hydrolysis) is 1. The van der Waals surface area contributed by atoms with Crippen LogP contribution in [0.3, 0.4) is 0 Å². The van der Waals surface area contributed by atoms with Crippen molar-refractivity contribution >= 4 is 17.9 Å². The van der Waals surface area contributed by atoms with Crippen LogP contribution in [-0.4, -0.2) is 48.0 Å². The molecule has 2 N–H and O–H groups in total. The van der Waals surface area contributed by atoms with Gasteiger partial charge in [0.25, 0.3) is 0 Å². The molecule has 7 heteroatoms. The second kappa shape index (κ2) is 11.7. The number of rotatable bonds is 9. The molecule has 0 spiro atoms. The van der Waals surface area contributed by atoms with Crippen LogP contribution in [0.25, 0.3) is 0 Å². The van der Waals surface area contributed by atoms with Crippen molar-refractivity contribution in [3.05, 3.63) is 35.4 Å². The Kier molecular flexibility index (Phi) is 10.0. The van der Waals surface area contributed by atoms with E-state index in [0.29, 0.717) is 6.54 Å². The smallest absolute Gasteiger partial charge is 0.408 e. The monoisotopic (exact) mass is 433 g/mol. The van der Waals surface area contributed by atoms with E-state index in [9.17, 15) is 14.4 Å². The fourth-order valence-corrected chi connectivity index (χ4v) is 3.20. The van der Waals surface area contributed by atoms with Crippen molar-refractivity contribution in [2.75, 3.05) is 13.6 Å². The minimum atomic E-state index is -0.824. The van der Waals surface area contributed by atoms with E-state index in [1.165, 1.54) is 4.90 Å². The van der Waals surface area contributed by atoms with Gasteiger partial charge in [-0.05, 0) is 51.2 Å². The second-order valence-electron chi connectivity index (χ2n) is 9.22. The molecular formula is C24H39N3O4. The lowest BCUT2D eigenvalue weighted by Crippen LogP contribution is -2.53. The Hall–Kier alpha value is -2.57. The molecule has 1 aromatic rings. The summed E-state index contributed by atoms with van der Waals surface area (Å²) in [5.41, 5.74) is 0.995. The zero-order chi connectivity index (χ0) is 23.8. The van der Waals surface area contributed by atoms with E-state index in [1.54, 1.807) is 27.8 Å². The molecule has 2 atom stereocenters. The molecule has 1 rings (SSSR count). The lowest BCUT2D eigenvalue weighted by Gasteiger charge is -2.33. The predicted molar refractivity (Wildman–Crippen MR) is 123 cm³/mol. The molecule has 31 heavy (non-hydrogen) atoms. The third-order valence-electron chi connectivity index (χ3n) is 4.90. The number of hydrogen-bond acceptors (Lipinski definition) is 4. The average molecular weight is 434 g/mol. The minimum Gasteiger partial charge on any atom is -0.444 e. The summed E-state index contributed by atoms with van der Waals surface area (Å²) >= 11 is 0. The molecule has 0 aliphatic rings. The molecule has 0 bridgehead atoms. The number of nitrogens with one attached hydrogen (secondary N) is 2. The highest BCUT2D eigenvalue weighted by Crippen LogP contribution is 2.25. The summed E-state index contributed by atoms with van der Waals surface area (Å²) in [6.45, 7) is 13.5. The van der Waals surface area contributed by atoms with Crippen molar-refractivity contribution in [1.29, 1.82) is 0 Å². The van der Waals surface area contributed by atoms with Crippen LogP contribution in [0, 0.1) is 12.8 Å². The highest BCUT2D eigenvalue weighted by molar-refractivity contribution is 5.92. The number of amides is 3. The van der Waals surface area contributed by atoms with Gasteiger partial charge in [0, 0.05) is 13.6 Å². The Balaban J connectivity index is 3.18. The molecule has 3 amide bonds. The lowest BCUT2D eigenvalue weighted by atomic mass is 9.97.